The molecule has 2 aromatic rings. The second-order valence-corrected chi connectivity index (χ2v) is 4.05. The van der Waals surface area contributed by atoms with Gasteiger partial charge in [0.05, 0.1) is 12.8 Å². The number of benzene rings is 1. The van der Waals surface area contributed by atoms with Crippen molar-refractivity contribution >= 4 is 11.9 Å². The molecule has 0 spiro atoms. The number of ether oxygens (including phenoxy) is 1. The number of nitrogens with one attached hydrogen (secondary N) is 2. The number of rotatable bonds is 5. The molecule has 1 aromatic heterocycles. The Labute approximate surface area is 119 Å². The van der Waals surface area contributed by atoms with Gasteiger partial charge in [0, 0.05) is 0 Å². The molecule has 0 saturated carbocycles. The minimum atomic E-state index is -0.654. The van der Waals surface area contributed by atoms with Crippen LogP contribution in [0, 0.1) is 5.82 Å². The molecule has 0 bridgehead atoms. The van der Waals surface area contributed by atoms with Crippen molar-refractivity contribution in [2.45, 2.75) is 6.54 Å². The maximum atomic E-state index is 12.7. The molecule has 0 saturated heterocycles. The zero-order valence-electron chi connectivity index (χ0n) is 11.0. The molecule has 21 heavy (non-hydrogen) atoms. The third-order valence-electron chi connectivity index (χ3n) is 2.44. The number of amides is 3. The number of carbonyl (C=O) groups is 2. The molecule has 2 N–H and O–H groups in total. The van der Waals surface area contributed by atoms with E-state index in [2.05, 4.69) is 10.6 Å². The van der Waals surface area contributed by atoms with Gasteiger partial charge in [0.1, 0.15) is 17.3 Å². The van der Waals surface area contributed by atoms with Crippen molar-refractivity contribution in [3.8, 4) is 5.75 Å². The van der Waals surface area contributed by atoms with Gasteiger partial charge >= 0.3 is 6.03 Å². The van der Waals surface area contributed by atoms with Crippen LogP contribution < -0.4 is 15.4 Å². The average Bonchev–Trinajstić information content (AvgIpc) is 2.98. The van der Waals surface area contributed by atoms with Crippen LogP contribution in [0.25, 0.3) is 0 Å². The van der Waals surface area contributed by atoms with E-state index in [4.69, 9.17) is 9.15 Å². The largest absolute Gasteiger partial charge is 0.484 e. The lowest BCUT2D eigenvalue weighted by Crippen LogP contribution is -2.41. The molecule has 7 heteroatoms. The van der Waals surface area contributed by atoms with Gasteiger partial charge in [-0.2, -0.15) is 0 Å². The van der Waals surface area contributed by atoms with Gasteiger partial charge in [-0.05, 0) is 36.4 Å². The number of hydrogen-bond donors (Lipinski definition) is 2. The zero-order valence-corrected chi connectivity index (χ0v) is 11.0. The molecule has 1 aromatic carbocycles. The van der Waals surface area contributed by atoms with Crippen molar-refractivity contribution < 1.29 is 23.1 Å². The van der Waals surface area contributed by atoms with Crippen LogP contribution in [0.5, 0.6) is 5.75 Å². The van der Waals surface area contributed by atoms with Crippen LogP contribution in [0.15, 0.2) is 47.1 Å². The fraction of sp³-hybridized carbons (Fsp3) is 0.143. The SMILES string of the molecule is O=C(COc1ccc(F)cc1)NC(=O)NCc1ccco1. The van der Waals surface area contributed by atoms with Crippen molar-refractivity contribution in [2.24, 2.45) is 0 Å². The van der Waals surface area contributed by atoms with E-state index >= 15 is 0 Å². The average molecular weight is 292 g/mol. The quantitative estimate of drug-likeness (QED) is 0.881. The number of carbonyl (C=O) groups excluding carboxylic acids is 2. The van der Waals surface area contributed by atoms with Crippen LogP contribution in [0.2, 0.25) is 0 Å². The lowest BCUT2D eigenvalue weighted by atomic mass is 10.3. The van der Waals surface area contributed by atoms with Crippen LogP contribution in [0.3, 0.4) is 0 Å². The summed E-state index contributed by atoms with van der Waals surface area (Å²) in [5.41, 5.74) is 0. The third-order valence-corrected chi connectivity index (χ3v) is 2.44. The fourth-order valence-corrected chi connectivity index (χ4v) is 1.47. The molecule has 110 valence electrons. The van der Waals surface area contributed by atoms with Crippen LogP contribution in [-0.2, 0) is 11.3 Å². The maximum Gasteiger partial charge on any atom is 0.321 e. The summed E-state index contributed by atoms with van der Waals surface area (Å²) in [5.74, 6) is -0.108. The van der Waals surface area contributed by atoms with E-state index < -0.39 is 17.8 Å². The van der Waals surface area contributed by atoms with Gasteiger partial charge in [-0.25, -0.2) is 9.18 Å². The Kier molecular flexibility index (Phi) is 4.92. The molecule has 0 aliphatic carbocycles. The maximum absolute atomic E-state index is 12.7. The Morgan fingerprint density at radius 1 is 1.19 bits per heavy atom. The van der Waals surface area contributed by atoms with E-state index in [0.29, 0.717) is 11.5 Å². The predicted molar refractivity (Wildman–Crippen MR) is 71.0 cm³/mol. The van der Waals surface area contributed by atoms with E-state index in [1.165, 1.54) is 30.5 Å². The number of halogens is 1. The summed E-state index contributed by atoms with van der Waals surface area (Å²) in [5, 5.41) is 4.55. The lowest BCUT2D eigenvalue weighted by molar-refractivity contribution is -0.122. The van der Waals surface area contributed by atoms with Crippen molar-refractivity contribution in [3.63, 3.8) is 0 Å². The fourth-order valence-electron chi connectivity index (χ4n) is 1.47. The Hall–Kier alpha value is -2.83. The van der Waals surface area contributed by atoms with E-state index in [1.54, 1.807) is 12.1 Å². The van der Waals surface area contributed by atoms with Gasteiger partial charge in [-0.3, -0.25) is 10.1 Å². The van der Waals surface area contributed by atoms with Crippen LogP contribution >= 0.6 is 0 Å². The molecule has 0 atom stereocenters. The van der Waals surface area contributed by atoms with Crippen molar-refractivity contribution in [3.05, 3.63) is 54.2 Å². The van der Waals surface area contributed by atoms with Gasteiger partial charge < -0.3 is 14.5 Å². The Morgan fingerprint density at radius 2 is 1.95 bits per heavy atom. The van der Waals surface area contributed by atoms with Crippen LogP contribution in [-0.4, -0.2) is 18.5 Å². The van der Waals surface area contributed by atoms with Crippen molar-refractivity contribution in [1.29, 1.82) is 0 Å². The highest BCUT2D eigenvalue weighted by Gasteiger charge is 2.08. The van der Waals surface area contributed by atoms with Gasteiger partial charge in [0.25, 0.3) is 5.91 Å². The first kappa shape index (κ1) is 14.6. The normalized spacial score (nSPS) is 9.95. The van der Waals surface area contributed by atoms with E-state index in [9.17, 15) is 14.0 Å². The standard InChI is InChI=1S/C14H13FN2O4/c15-10-3-5-11(6-4-10)21-9-13(18)17-14(19)16-8-12-2-1-7-20-12/h1-7H,8-9H2,(H2,16,17,18,19). The summed E-state index contributed by atoms with van der Waals surface area (Å²) >= 11 is 0. The Bertz CT molecular complexity index is 596. The van der Waals surface area contributed by atoms with E-state index in [1.807, 2.05) is 0 Å². The zero-order chi connectivity index (χ0) is 15.1. The Morgan fingerprint density at radius 3 is 2.62 bits per heavy atom. The smallest absolute Gasteiger partial charge is 0.321 e. The molecule has 0 radical (unpaired) electrons. The van der Waals surface area contributed by atoms with E-state index in [-0.39, 0.29) is 13.2 Å². The summed E-state index contributed by atoms with van der Waals surface area (Å²) in [6.07, 6.45) is 1.48. The van der Waals surface area contributed by atoms with Gasteiger partial charge in [-0.1, -0.05) is 0 Å². The summed E-state index contributed by atoms with van der Waals surface area (Å²) < 4.78 is 22.8. The highest BCUT2D eigenvalue weighted by molar-refractivity contribution is 5.94. The second-order valence-electron chi connectivity index (χ2n) is 4.05. The van der Waals surface area contributed by atoms with Gasteiger partial charge in [-0.15, -0.1) is 0 Å². The summed E-state index contributed by atoms with van der Waals surface area (Å²) in [6, 6.07) is 7.93. The van der Waals surface area contributed by atoms with Crippen molar-refractivity contribution in [2.75, 3.05) is 6.61 Å². The topological polar surface area (TPSA) is 80.6 Å². The highest BCUT2D eigenvalue weighted by Crippen LogP contribution is 2.10. The first-order valence-electron chi connectivity index (χ1n) is 6.12. The first-order chi connectivity index (χ1) is 10.1. The molecule has 6 nitrogen and oxygen atoms in total. The molecule has 0 aliphatic heterocycles. The number of furan rings is 1. The highest BCUT2D eigenvalue weighted by atomic mass is 19.1. The Balaban J connectivity index is 1.68. The van der Waals surface area contributed by atoms with Crippen molar-refractivity contribution in [1.82, 2.24) is 10.6 Å². The minimum Gasteiger partial charge on any atom is -0.484 e. The second kappa shape index (κ2) is 7.09. The monoisotopic (exact) mass is 292 g/mol. The van der Waals surface area contributed by atoms with E-state index in [0.717, 1.165) is 0 Å². The summed E-state index contributed by atoms with van der Waals surface area (Å²) in [7, 11) is 0. The molecule has 0 unspecified atom stereocenters. The molecule has 0 aliphatic rings. The number of imide groups is 1. The molecule has 2 rings (SSSR count). The number of urea groups is 1. The molecular weight excluding hydrogens is 279 g/mol. The molecule has 1 heterocycles. The summed E-state index contributed by atoms with van der Waals surface area (Å²) in [4.78, 5) is 22.9. The van der Waals surface area contributed by atoms with Gasteiger partial charge in [0.15, 0.2) is 6.61 Å². The minimum absolute atomic E-state index is 0.172. The van der Waals surface area contributed by atoms with Gasteiger partial charge in [0.2, 0.25) is 0 Å². The molecular formula is C14H13FN2O4. The lowest BCUT2D eigenvalue weighted by Gasteiger charge is -2.07. The van der Waals surface area contributed by atoms with Crippen LogP contribution in [0.1, 0.15) is 5.76 Å². The molecule has 3 amide bonds. The number of hydrogen-bond acceptors (Lipinski definition) is 4. The first-order valence-corrected chi connectivity index (χ1v) is 6.12. The predicted octanol–water partition coefficient (Wildman–Crippen LogP) is 1.82. The third kappa shape index (κ3) is 4.98. The summed E-state index contributed by atoms with van der Waals surface area (Å²) in [6.45, 7) is -0.176. The molecule has 0 fully saturated rings. The van der Waals surface area contributed by atoms with Crippen LogP contribution in [0.4, 0.5) is 9.18 Å².